The van der Waals surface area contributed by atoms with Gasteiger partial charge >= 0.3 is 0 Å². The fourth-order valence-corrected chi connectivity index (χ4v) is 0.840. The van der Waals surface area contributed by atoms with Gasteiger partial charge in [-0.05, 0) is 13.0 Å². The molecule has 62 valence electrons. The second kappa shape index (κ2) is 3.90. The van der Waals surface area contributed by atoms with Crippen LogP contribution in [0.2, 0.25) is 0 Å². The first-order valence-corrected chi connectivity index (χ1v) is 5.04. The van der Waals surface area contributed by atoms with Gasteiger partial charge in [0.25, 0.3) is 0 Å². The van der Waals surface area contributed by atoms with Crippen LogP contribution in [-0.4, -0.2) is 31.9 Å². The van der Waals surface area contributed by atoms with Crippen LogP contribution in [0.4, 0.5) is 0 Å². The van der Waals surface area contributed by atoms with Gasteiger partial charge in [0.1, 0.15) is 0 Å². The Morgan fingerprint density at radius 2 is 2.10 bits per heavy atom. The van der Waals surface area contributed by atoms with Crippen LogP contribution in [0.5, 0.6) is 0 Å². The second-order valence-corrected chi connectivity index (χ2v) is 4.24. The number of aliphatic hydroxyl groups excluding tert-OH is 1. The Hall–Kier alpha value is -0.130. The van der Waals surface area contributed by atoms with Gasteiger partial charge in [-0.1, -0.05) is 6.92 Å². The average molecular weight is 167 g/mol. The lowest BCUT2D eigenvalue weighted by atomic mass is 10.5. The van der Waals surface area contributed by atoms with E-state index in [4.69, 9.17) is 5.11 Å². The van der Waals surface area contributed by atoms with Crippen molar-refractivity contribution in [3.63, 3.8) is 0 Å². The van der Waals surface area contributed by atoms with Gasteiger partial charge in [-0.25, -0.2) is 8.42 Å². The maximum Gasteiger partial charge on any atom is 0.209 e. The van der Waals surface area contributed by atoms with Crippen LogP contribution in [0.1, 0.15) is 13.3 Å². The Balaban J connectivity index is 3.75. The lowest BCUT2D eigenvalue weighted by Crippen LogP contribution is -2.36. The summed E-state index contributed by atoms with van der Waals surface area (Å²) < 4.78 is 21.0. The first kappa shape index (κ1) is 9.87. The SMILES string of the molecule is CCCNC(O)S(C)(=O)=O. The summed E-state index contributed by atoms with van der Waals surface area (Å²) >= 11 is 0. The monoisotopic (exact) mass is 167 g/mol. The van der Waals surface area contributed by atoms with Gasteiger partial charge in [-0.2, -0.15) is 0 Å². The Labute approximate surface area is 61.2 Å². The summed E-state index contributed by atoms with van der Waals surface area (Å²) in [7, 11) is -3.33. The van der Waals surface area contributed by atoms with E-state index in [1.54, 1.807) is 0 Å². The molecular formula is C5H13NO3S. The summed E-state index contributed by atoms with van der Waals surface area (Å²) in [5.74, 6) is 0. The molecule has 0 rings (SSSR count). The molecule has 0 heterocycles. The molecule has 0 spiro atoms. The standard InChI is InChI=1S/C5H13NO3S/c1-3-4-6-5(7)10(2,8)9/h5-7H,3-4H2,1-2H3. The summed E-state index contributed by atoms with van der Waals surface area (Å²) in [5, 5.41) is 11.3. The van der Waals surface area contributed by atoms with E-state index < -0.39 is 15.4 Å². The largest absolute Gasteiger partial charge is 0.365 e. The van der Waals surface area contributed by atoms with Crippen LogP contribution in [0.25, 0.3) is 0 Å². The minimum absolute atomic E-state index is 0.508. The minimum atomic E-state index is -3.33. The highest BCUT2D eigenvalue weighted by atomic mass is 32.2. The first-order valence-electron chi connectivity index (χ1n) is 3.08. The summed E-state index contributed by atoms with van der Waals surface area (Å²) in [5.41, 5.74) is -1.41. The molecule has 5 heteroatoms. The Kier molecular flexibility index (Phi) is 3.85. The molecule has 4 nitrogen and oxygen atoms in total. The Morgan fingerprint density at radius 1 is 1.60 bits per heavy atom. The smallest absolute Gasteiger partial charge is 0.209 e. The lowest BCUT2D eigenvalue weighted by Gasteiger charge is -2.08. The quantitative estimate of drug-likeness (QED) is 0.544. The van der Waals surface area contributed by atoms with E-state index in [1.165, 1.54) is 0 Å². The molecule has 0 aliphatic carbocycles. The number of rotatable bonds is 4. The summed E-state index contributed by atoms with van der Waals surface area (Å²) in [4.78, 5) is 0. The molecule has 0 fully saturated rings. The van der Waals surface area contributed by atoms with Crippen molar-refractivity contribution in [3.05, 3.63) is 0 Å². The van der Waals surface area contributed by atoms with Gasteiger partial charge in [-0.15, -0.1) is 0 Å². The van der Waals surface area contributed by atoms with Crippen molar-refractivity contribution in [1.82, 2.24) is 5.32 Å². The van der Waals surface area contributed by atoms with Gasteiger partial charge in [0.15, 0.2) is 9.84 Å². The van der Waals surface area contributed by atoms with Gasteiger partial charge in [0.2, 0.25) is 5.56 Å². The van der Waals surface area contributed by atoms with Crippen molar-refractivity contribution in [2.24, 2.45) is 0 Å². The Morgan fingerprint density at radius 3 is 2.40 bits per heavy atom. The van der Waals surface area contributed by atoms with Crippen LogP contribution in [-0.2, 0) is 9.84 Å². The van der Waals surface area contributed by atoms with E-state index in [0.29, 0.717) is 6.54 Å². The topological polar surface area (TPSA) is 66.4 Å². The molecule has 0 amide bonds. The second-order valence-electron chi connectivity index (χ2n) is 2.14. The number of nitrogens with one attached hydrogen (secondary N) is 1. The maximum absolute atomic E-state index is 10.5. The van der Waals surface area contributed by atoms with E-state index in [2.05, 4.69) is 5.32 Å². The Bertz CT molecular complexity index is 175. The summed E-state index contributed by atoms with van der Waals surface area (Å²) in [6, 6.07) is 0. The maximum atomic E-state index is 10.5. The van der Waals surface area contributed by atoms with Gasteiger partial charge in [0, 0.05) is 6.26 Å². The zero-order valence-electron chi connectivity index (χ0n) is 6.16. The zero-order valence-corrected chi connectivity index (χ0v) is 6.98. The van der Waals surface area contributed by atoms with Crippen molar-refractivity contribution in [2.45, 2.75) is 18.9 Å². The van der Waals surface area contributed by atoms with Crippen molar-refractivity contribution >= 4 is 9.84 Å². The molecule has 1 unspecified atom stereocenters. The van der Waals surface area contributed by atoms with E-state index in [0.717, 1.165) is 12.7 Å². The molecule has 10 heavy (non-hydrogen) atoms. The fraction of sp³-hybridized carbons (Fsp3) is 1.00. The molecule has 2 N–H and O–H groups in total. The first-order chi connectivity index (χ1) is 4.48. The number of hydrogen-bond acceptors (Lipinski definition) is 4. The molecule has 0 aromatic carbocycles. The van der Waals surface area contributed by atoms with E-state index in [9.17, 15) is 8.42 Å². The van der Waals surface area contributed by atoms with Gasteiger partial charge in [0.05, 0.1) is 0 Å². The number of sulfone groups is 1. The highest BCUT2D eigenvalue weighted by molar-refractivity contribution is 7.91. The third-order valence-corrected chi connectivity index (χ3v) is 1.95. The highest BCUT2D eigenvalue weighted by Crippen LogP contribution is 1.88. The molecular weight excluding hydrogens is 154 g/mol. The van der Waals surface area contributed by atoms with Crippen LogP contribution in [0.15, 0.2) is 0 Å². The van der Waals surface area contributed by atoms with E-state index in [1.807, 2.05) is 6.92 Å². The predicted molar refractivity (Wildman–Crippen MR) is 39.1 cm³/mol. The minimum Gasteiger partial charge on any atom is -0.365 e. The van der Waals surface area contributed by atoms with Crippen LogP contribution in [0, 0.1) is 0 Å². The van der Waals surface area contributed by atoms with Crippen molar-refractivity contribution in [3.8, 4) is 0 Å². The van der Waals surface area contributed by atoms with Gasteiger partial charge in [-0.3, -0.25) is 5.32 Å². The van der Waals surface area contributed by atoms with Crippen molar-refractivity contribution in [2.75, 3.05) is 12.8 Å². The van der Waals surface area contributed by atoms with Crippen LogP contribution >= 0.6 is 0 Å². The molecule has 0 radical (unpaired) electrons. The molecule has 0 saturated carbocycles. The van der Waals surface area contributed by atoms with Crippen molar-refractivity contribution in [1.29, 1.82) is 0 Å². The lowest BCUT2D eigenvalue weighted by molar-refractivity contribution is 0.212. The normalized spacial score (nSPS) is 15.1. The third kappa shape index (κ3) is 3.81. The van der Waals surface area contributed by atoms with Crippen molar-refractivity contribution < 1.29 is 13.5 Å². The molecule has 1 atom stereocenters. The van der Waals surface area contributed by atoms with Gasteiger partial charge < -0.3 is 5.11 Å². The number of hydrogen-bond donors (Lipinski definition) is 2. The highest BCUT2D eigenvalue weighted by Gasteiger charge is 2.14. The average Bonchev–Trinajstić information content (AvgIpc) is 1.80. The molecule has 0 aromatic heterocycles. The predicted octanol–water partition coefficient (Wildman–Crippen LogP) is -0.694. The van der Waals surface area contributed by atoms with Crippen LogP contribution in [0.3, 0.4) is 0 Å². The molecule has 0 aromatic rings. The molecule has 0 aliphatic rings. The summed E-state index contributed by atoms with van der Waals surface area (Å²) in [6.45, 7) is 2.40. The van der Waals surface area contributed by atoms with E-state index >= 15 is 0 Å². The summed E-state index contributed by atoms with van der Waals surface area (Å²) in [6.07, 6.45) is 1.78. The zero-order chi connectivity index (χ0) is 8.20. The number of aliphatic hydroxyl groups is 1. The molecule has 0 aliphatic heterocycles. The molecule has 0 saturated heterocycles. The molecule has 0 bridgehead atoms. The third-order valence-electron chi connectivity index (χ3n) is 0.975. The fourth-order valence-electron chi connectivity index (χ4n) is 0.419. The van der Waals surface area contributed by atoms with E-state index in [-0.39, 0.29) is 0 Å². The van der Waals surface area contributed by atoms with Crippen LogP contribution < -0.4 is 5.32 Å².